The van der Waals surface area contributed by atoms with Gasteiger partial charge in [0.25, 0.3) is 0 Å². The number of carbonyl (C=O) groups excluding carboxylic acids is 1. The van der Waals surface area contributed by atoms with Gasteiger partial charge < -0.3 is 9.47 Å². The predicted molar refractivity (Wildman–Crippen MR) is 113 cm³/mol. The minimum atomic E-state index is -0.434. The SMILES string of the molecule is [C-]#[N+]c1c(C(=O)OC2C(C)CC(C)CC2C)c2nc(C)[nH]n2c1CN1CCOCC1. The van der Waals surface area contributed by atoms with Crippen molar-refractivity contribution >= 4 is 17.3 Å². The first-order valence-corrected chi connectivity index (χ1v) is 10.9. The summed E-state index contributed by atoms with van der Waals surface area (Å²) in [4.78, 5) is 23.8. The number of aromatic amines is 1. The Morgan fingerprint density at radius 2 is 1.93 bits per heavy atom. The number of morpholine rings is 1. The Hall–Kier alpha value is -2.37. The Bertz CT molecular complexity index is 954. The fraction of sp³-hybridized carbons (Fsp3) is 0.682. The van der Waals surface area contributed by atoms with Gasteiger partial charge >= 0.3 is 5.97 Å². The number of nitrogens with zero attached hydrogens (tertiary/aromatic N) is 4. The number of rotatable bonds is 4. The van der Waals surface area contributed by atoms with Gasteiger partial charge in [-0.3, -0.25) is 14.5 Å². The summed E-state index contributed by atoms with van der Waals surface area (Å²) in [5.74, 6) is 1.51. The molecule has 2 aromatic heterocycles. The van der Waals surface area contributed by atoms with Gasteiger partial charge in [0, 0.05) is 19.6 Å². The Morgan fingerprint density at radius 3 is 2.57 bits per heavy atom. The second-order valence-corrected chi connectivity index (χ2v) is 9.04. The van der Waals surface area contributed by atoms with Crippen molar-refractivity contribution in [2.75, 3.05) is 26.3 Å². The molecule has 8 heteroatoms. The van der Waals surface area contributed by atoms with E-state index < -0.39 is 5.97 Å². The van der Waals surface area contributed by atoms with Crippen molar-refractivity contribution in [3.05, 3.63) is 28.5 Å². The molecular formula is C22H31N5O3. The molecule has 1 saturated carbocycles. The summed E-state index contributed by atoms with van der Waals surface area (Å²) >= 11 is 0. The van der Waals surface area contributed by atoms with Gasteiger partial charge in [-0.25, -0.2) is 14.6 Å². The molecule has 162 valence electrons. The molecule has 8 nitrogen and oxygen atoms in total. The van der Waals surface area contributed by atoms with Crippen LogP contribution in [-0.2, 0) is 16.0 Å². The quantitative estimate of drug-likeness (QED) is 0.612. The number of ether oxygens (including phenoxy) is 2. The van der Waals surface area contributed by atoms with Crippen LogP contribution in [0.5, 0.6) is 0 Å². The number of H-pyrrole nitrogens is 1. The highest BCUT2D eigenvalue weighted by atomic mass is 16.5. The van der Waals surface area contributed by atoms with Crippen LogP contribution in [0.3, 0.4) is 0 Å². The van der Waals surface area contributed by atoms with E-state index in [4.69, 9.17) is 16.0 Å². The molecule has 3 heterocycles. The molecule has 0 radical (unpaired) electrons. The van der Waals surface area contributed by atoms with E-state index in [2.05, 4.69) is 40.6 Å². The summed E-state index contributed by atoms with van der Waals surface area (Å²) in [6.07, 6.45) is 1.96. The zero-order valence-corrected chi connectivity index (χ0v) is 18.3. The zero-order valence-electron chi connectivity index (χ0n) is 18.3. The first kappa shape index (κ1) is 20.9. The van der Waals surface area contributed by atoms with Gasteiger partial charge in [0.1, 0.15) is 17.5 Å². The van der Waals surface area contributed by atoms with Crippen LogP contribution in [0.1, 0.15) is 55.5 Å². The molecule has 2 fully saturated rings. The van der Waals surface area contributed by atoms with Gasteiger partial charge in [-0.1, -0.05) is 20.8 Å². The van der Waals surface area contributed by atoms with E-state index in [9.17, 15) is 4.79 Å². The molecule has 0 aromatic carbocycles. The Labute approximate surface area is 177 Å². The molecule has 0 amide bonds. The lowest BCUT2D eigenvalue weighted by molar-refractivity contribution is -0.0249. The van der Waals surface area contributed by atoms with E-state index in [0.717, 1.165) is 31.6 Å². The molecule has 1 aliphatic heterocycles. The number of hydrogen-bond donors (Lipinski definition) is 1. The highest BCUT2D eigenvalue weighted by molar-refractivity contribution is 6.03. The molecule has 1 saturated heterocycles. The molecule has 1 aliphatic carbocycles. The van der Waals surface area contributed by atoms with E-state index in [-0.39, 0.29) is 11.7 Å². The number of esters is 1. The third kappa shape index (κ3) is 3.84. The molecule has 2 unspecified atom stereocenters. The number of hydrogen-bond acceptors (Lipinski definition) is 5. The van der Waals surface area contributed by atoms with E-state index >= 15 is 0 Å². The first-order chi connectivity index (χ1) is 14.4. The second kappa shape index (κ2) is 8.40. The fourth-order valence-corrected chi connectivity index (χ4v) is 5.20. The van der Waals surface area contributed by atoms with Crippen LogP contribution in [-0.4, -0.2) is 57.9 Å². The van der Waals surface area contributed by atoms with E-state index in [1.54, 1.807) is 4.52 Å². The van der Waals surface area contributed by atoms with Crippen LogP contribution >= 0.6 is 0 Å². The van der Waals surface area contributed by atoms with Crippen molar-refractivity contribution in [3.8, 4) is 0 Å². The molecule has 1 N–H and O–H groups in total. The summed E-state index contributed by atoms with van der Waals surface area (Å²) in [5, 5.41) is 3.19. The Balaban J connectivity index is 1.67. The first-order valence-electron chi connectivity index (χ1n) is 10.9. The molecule has 4 rings (SSSR count). The average Bonchev–Trinajstić information content (AvgIpc) is 3.20. The lowest BCUT2D eigenvalue weighted by atomic mass is 9.75. The van der Waals surface area contributed by atoms with Crippen LogP contribution in [0.15, 0.2) is 0 Å². The van der Waals surface area contributed by atoms with E-state index in [1.165, 1.54) is 0 Å². The van der Waals surface area contributed by atoms with Crippen LogP contribution in [0, 0.1) is 31.2 Å². The summed E-state index contributed by atoms with van der Waals surface area (Å²) < 4.78 is 13.3. The maximum Gasteiger partial charge on any atom is 0.331 e. The minimum absolute atomic E-state index is 0.134. The van der Waals surface area contributed by atoms with Crippen molar-refractivity contribution in [1.29, 1.82) is 0 Å². The normalized spacial score (nSPS) is 27.8. The summed E-state index contributed by atoms with van der Waals surface area (Å²) in [5.41, 5.74) is 1.87. The van der Waals surface area contributed by atoms with Gasteiger partial charge in [0.05, 0.1) is 25.5 Å². The third-order valence-electron chi connectivity index (χ3n) is 6.47. The van der Waals surface area contributed by atoms with Crippen molar-refractivity contribution in [3.63, 3.8) is 0 Å². The number of carbonyl (C=O) groups is 1. The smallest absolute Gasteiger partial charge is 0.331 e. The monoisotopic (exact) mass is 413 g/mol. The van der Waals surface area contributed by atoms with Crippen LogP contribution in [0.2, 0.25) is 0 Å². The fourth-order valence-electron chi connectivity index (χ4n) is 5.20. The maximum absolute atomic E-state index is 13.3. The Kier molecular flexibility index (Phi) is 5.85. The van der Waals surface area contributed by atoms with Crippen LogP contribution in [0.4, 0.5) is 5.69 Å². The standard InChI is InChI=1S/C22H31N5O3/c1-13-10-14(2)20(15(3)11-13)30-22(28)18-19(23-5)17(12-26-6-8-29-9-7-26)27-21(18)24-16(4)25-27/h13-15,20H,6-12H2,1-4H3,(H,24,25). The second-order valence-electron chi connectivity index (χ2n) is 9.04. The molecule has 2 aromatic rings. The van der Waals surface area contributed by atoms with Crippen molar-refractivity contribution in [2.24, 2.45) is 17.8 Å². The van der Waals surface area contributed by atoms with Crippen LogP contribution < -0.4 is 0 Å². The van der Waals surface area contributed by atoms with Crippen LogP contribution in [0.25, 0.3) is 10.5 Å². The zero-order chi connectivity index (χ0) is 21.4. The largest absolute Gasteiger partial charge is 0.459 e. The van der Waals surface area contributed by atoms with E-state index in [0.29, 0.717) is 54.7 Å². The molecule has 0 spiro atoms. The third-order valence-corrected chi connectivity index (χ3v) is 6.47. The van der Waals surface area contributed by atoms with Gasteiger partial charge in [-0.15, -0.1) is 0 Å². The van der Waals surface area contributed by atoms with Crippen molar-refractivity contribution in [2.45, 2.75) is 53.2 Å². The summed E-state index contributed by atoms with van der Waals surface area (Å²) in [7, 11) is 0. The number of nitrogens with one attached hydrogen (secondary N) is 1. The molecule has 2 aliphatic rings. The molecule has 30 heavy (non-hydrogen) atoms. The highest BCUT2D eigenvalue weighted by Crippen LogP contribution is 2.37. The highest BCUT2D eigenvalue weighted by Gasteiger charge is 2.36. The van der Waals surface area contributed by atoms with Gasteiger partial charge in [-0.05, 0) is 37.5 Å². The van der Waals surface area contributed by atoms with Gasteiger partial charge in [0.15, 0.2) is 5.65 Å². The number of aromatic nitrogens is 3. The summed E-state index contributed by atoms with van der Waals surface area (Å²) in [6, 6.07) is 0. The number of fused-ring (bicyclic) bond motifs is 1. The predicted octanol–water partition coefficient (Wildman–Crippen LogP) is 3.58. The maximum atomic E-state index is 13.3. The topological polar surface area (TPSA) is 76.2 Å². The molecule has 0 bridgehead atoms. The lowest BCUT2D eigenvalue weighted by Gasteiger charge is -2.37. The summed E-state index contributed by atoms with van der Waals surface area (Å²) in [6.45, 7) is 19.7. The Morgan fingerprint density at radius 1 is 1.27 bits per heavy atom. The molecular weight excluding hydrogens is 382 g/mol. The van der Waals surface area contributed by atoms with Crippen molar-refractivity contribution in [1.82, 2.24) is 19.5 Å². The average molecular weight is 414 g/mol. The lowest BCUT2D eigenvalue weighted by Crippen LogP contribution is -2.37. The minimum Gasteiger partial charge on any atom is -0.459 e. The van der Waals surface area contributed by atoms with Gasteiger partial charge in [-0.2, -0.15) is 0 Å². The number of aryl methyl sites for hydroxylation is 1. The molecule has 2 atom stereocenters. The van der Waals surface area contributed by atoms with E-state index in [1.807, 2.05) is 6.92 Å². The van der Waals surface area contributed by atoms with Gasteiger partial charge in [0.2, 0.25) is 5.69 Å². The van der Waals surface area contributed by atoms with Crippen molar-refractivity contribution < 1.29 is 14.3 Å².